The predicted molar refractivity (Wildman–Crippen MR) is 103 cm³/mol. The summed E-state index contributed by atoms with van der Waals surface area (Å²) >= 11 is 14.4. The van der Waals surface area contributed by atoms with Gasteiger partial charge in [0.25, 0.3) is 5.91 Å². The molecule has 6 nitrogen and oxygen atoms in total. The predicted octanol–water partition coefficient (Wildman–Crippen LogP) is 3.94. The van der Waals surface area contributed by atoms with E-state index in [9.17, 15) is 9.59 Å². The molecule has 1 amide bonds. The van der Waals surface area contributed by atoms with Crippen molar-refractivity contribution in [1.82, 2.24) is 5.32 Å². The van der Waals surface area contributed by atoms with Crippen molar-refractivity contribution in [2.45, 2.75) is 0 Å². The highest BCUT2D eigenvalue weighted by molar-refractivity contribution is 9.10. The van der Waals surface area contributed by atoms with Gasteiger partial charge in [0.1, 0.15) is 5.75 Å². The van der Waals surface area contributed by atoms with E-state index in [0.717, 1.165) is 0 Å². The van der Waals surface area contributed by atoms with Gasteiger partial charge in [-0.3, -0.25) is 10.1 Å². The number of anilines is 1. The average Bonchev–Trinajstić information content (AvgIpc) is 2.56. The molecule has 0 heterocycles. The van der Waals surface area contributed by atoms with Crippen LogP contribution in [0.2, 0.25) is 5.02 Å². The second-order valence-electron chi connectivity index (χ2n) is 4.75. The molecule has 0 aliphatic heterocycles. The maximum absolute atomic E-state index is 12.3. The summed E-state index contributed by atoms with van der Waals surface area (Å²) in [5.41, 5.74) is 0.604. The van der Waals surface area contributed by atoms with Gasteiger partial charge in [0.2, 0.25) is 0 Å². The third-order valence-corrected chi connectivity index (χ3v) is 4.12. The Kier molecular flexibility index (Phi) is 6.35. The number of rotatable bonds is 4. The van der Waals surface area contributed by atoms with E-state index in [2.05, 4.69) is 26.6 Å². The van der Waals surface area contributed by atoms with Crippen molar-refractivity contribution in [3.05, 3.63) is 57.0 Å². The second kappa shape index (κ2) is 8.28. The molecular formula is C16H12BrClN2O4S. The first kappa shape index (κ1) is 19.2. The lowest BCUT2D eigenvalue weighted by Crippen LogP contribution is -2.34. The maximum atomic E-state index is 12.3. The Morgan fingerprint density at radius 1 is 1.24 bits per heavy atom. The van der Waals surface area contributed by atoms with E-state index >= 15 is 0 Å². The van der Waals surface area contributed by atoms with Crippen LogP contribution in [-0.4, -0.2) is 29.2 Å². The summed E-state index contributed by atoms with van der Waals surface area (Å²) < 4.78 is 5.84. The summed E-state index contributed by atoms with van der Waals surface area (Å²) in [6.07, 6.45) is 0. The number of carbonyl (C=O) groups excluding carboxylic acids is 1. The minimum absolute atomic E-state index is 0.0260. The fourth-order valence-corrected chi connectivity index (χ4v) is 2.70. The molecule has 0 bridgehead atoms. The molecule has 9 heteroatoms. The van der Waals surface area contributed by atoms with E-state index in [1.807, 2.05) is 0 Å². The van der Waals surface area contributed by atoms with Crippen LogP contribution in [0.5, 0.6) is 5.75 Å². The Morgan fingerprint density at radius 2 is 1.96 bits per heavy atom. The van der Waals surface area contributed by atoms with Gasteiger partial charge in [-0.05, 0) is 48.6 Å². The van der Waals surface area contributed by atoms with Crippen LogP contribution in [0.3, 0.4) is 0 Å². The van der Waals surface area contributed by atoms with Crippen LogP contribution in [0.25, 0.3) is 0 Å². The number of aromatic carboxylic acids is 1. The molecular weight excluding hydrogens is 432 g/mol. The minimum atomic E-state index is -1.10. The molecule has 0 aliphatic rings. The van der Waals surface area contributed by atoms with Crippen LogP contribution in [-0.2, 0) is 0 Å². The van der Waals surface area contributed by atoms with E-state index in [1.165, 1.54) is 25.3 Å². The zero-order valence-corrected chi connectivity index (χ0v) is 16.0. The first-order chi connectivity index (χ1) is 11.8. The highest BCUT2D eigenvalue weighted by atomic mass is 79.9. The van der Waals surface area contributed by atoms with Crippen LogP contribution in [0, 0.1) is 0 Å². The molecule has 0 radical (unpaired) electrons. The number of benzene rings is 2. The SMILES string of the molecule is COc1ccc(C(=O)O)cc1NC(=S)NC(=O)c1cc(Br)ccc1Cl. The number of methoxy groups -OCH3 is 1. The molecule has 2 rings (SSSR count). The van der Waals surface area contributed by atoms with E-state index in [-0.39, 0.29) is 21.3 Å². The molecule has 0 spiro atoms. The van der Waals surface area contributed by atoms with Gasteiger partial charge in [0.05, 0.1) is 28.9 Å². The molecule has 2 aromatic carbocycles. The number of halogens is 2. The van der Waals surface area contributed by atoms with Crippen LogP contribution in [0.1, 0.15) is 20.7 Å². The largest absolute Gasteiger partial charge is 0.495 e. The number of hydrogen-bond acceptors (Lipinski definition) is 4. The normalized spacial score (nSPS) is 10.0. The van der Waals surface area contributed by atoms with Gasteiger partial charge in [-0.2, -0.15) is 0 Å². The highest BCUT2D eigenvalue weighted by Crippen LogP contribution is 2.26. The minimum Gasteiger partial charge on any atom is -0.495 e. The number of carboxylic acids is 1. The summed E-state index contributed by atoms with van der Waals surface area (Å²) in [4.78, 5) is 23.4. The zero-order chi connectivity index (χ0) is 18.6. The van der Waals surface area contributed by atoms with Crippen molar-refractivity contribution < 1.29 is 19.4 Å². The van der Waals surface area contributed by atoms with Crippen LogP contribution < -0.4 is 15.4 Å². The zero-order valence-electron chi connectivity index (χ0n) is 12.8. The summed E-state index contributed by atoms with van der Waals surface area (Å²) in [6, 6.07) is 9.09. The fourth-order valence-electron chi connectivity index (χ4n) is 1.93. The number of carboxylic acid groups (broad SMARTS) is 1. The molecule has 0 fully saturated rings. The van der Waals surface area contributed by atoms with Crippen molar-refractivity contribution in [2.75, 3.05) is 12.4 Å². The second-order valence-corrected chi connectivity index (χ2v) is 6.48. The molecule has 0 aromatic heterocycles. The Morgan fingerprint density at radius 3 is 2.60 bits per heavy atom. The number of amides is 1. The van der Waals surface area contributed by atoms with Crippen LogP contribution in [0.4, 0.5) is 5.69 Å². The average molecular weight is 444 g/mol. The van der Waals surface area contributed by atoms with Crippen molar-refractivity contribution in [3.8, 4) is 5.75 Å². The number of thiocarbonyl (C=S) groups is 1. The maximum Gasteiger partial charge on any atom is 0.335 e. The molecule has 0 atom stereocenters. The summed E-state index contributed by atoms with van der Waals surface area (Å²) in [5.74, 6) is -1.22. The lowest BCUT2D eigenvalue weighted by atomic mass is 10.2. The molecule has 0 aliphatic carbocycles. The van der Waals surface area contributed by atoms with Gasteiger partial charge in [-0.15, -0.1) is 0 Å². The third kappa shape index (κ3) is 4.91. The highest BCUT2D eigenvalue weighted by Gasteiger charge is 2.14. The Labute approximate surface area is 162 Å². The molecule has 0 saturated heterocycles. The topological polar surface area (TPSA) is 87.7 Å². The van der Waals surface area contributed by atoms with Crippen molar-refractivity contribution >= 4 is 62.4 Å². The van der Waals surface area contributed by atoms with E-state index < -0.39 is 11.9 Å². The number of ether oxygens (including phenoxy) is 1. The first-order valence-corrected chi connectivity index (χ1v) is 8.38. The third-order valence-electron chi connectivity index (χ3n) is 3.09. The standard InChI is InChI=1S/C16H12BrClN2O4S/c1-24-13-5-2-8(15(22)23)6-12(13)19-16(25)20-14(21)10-7-9(17)3-4-11(10)18/h2-7H,1H3,(H,22,23)(H2,19,20,21,25). The molecule has 0 saturated carbocycles. The summed E-state index contributed by atoms with van der Waals surface area (Å²) in [7, 11) is 1.43. The van der Waals surface area contributed by atoms with Gasteiger partial charge in [0.15, 0.2) is 5.11 Å². The number of hydrogen-bond donors (Lipinski definition) is 3. The van der Waals surface area contributed by atoms with Crippen molar-refractivity contribution in [1.29, 1.82) is 0 Å². The van der Waals surface area contributed by atoms with Crippen molar-refractivity contribution in [2.24, 2.45) is 0 Å². The molecule has 2 aromatic rings. The first-order valence-electron chi connectivity index (χ1n) is 6.80. The van der Waals surface area contributed by atoms with Gasteiger partial charge in [0, 0.05) is 4.47 Å². The molecule has 3 N–H and O–H groups in total. The van der Waals surface area contributed by atoms with E-state index in [4.69, 9.17) is 33.7 Å². The summed E-state index contributed by atoms with van der Waals surface area (Å²) in [5, 5.41) is 14.5. The lowest BCUT2D eigenvalue weighted by molar-refractivity contribution is 0.0696. The molecule has 130 valence electrons. The quantitative estimate of drug-likeness (QED) is 0.621. The Bertz CT molecular complexity index is 860. The smallest absolute Gasteiger partial charge is 0.335 e. The monoisotopic (exact) mass is 442 g/mol. The van der Waals surface area contributed by atoms with E-state index in [0.29, 0.717) is 15.9 Å². The number of nitrogens with one attached hydrogen (secondary N) is 2. The molecule has 25 heavy (non-hydrogen) atoms. The number of carbonyl (C=O) groups is 2. The van der Waals surface area contributed by atoms with Gasteiger partial charge >= 0.3 is 5.97 Å². The summed E-state index contributed by atoms with van der Waals surface area (Å²) in [6.45, 7) is 0. The van der Waals surface area contributed by atoms with Gasteiger partial charge in [-0.1, -0.05) is 27.5 Å². The van der Waals surface area contributed by atoms with Gasteiger partial charge in [-0.25, -0.2) is 4.79 Å². The lowest BCUT2D eigenvalue weighted by Gasteiger charge is -2.14. The van der Waals surface area contributed by atoms with Crippen LogP contribution >= 0.6 is 39.7 Å². The van der Waals surface area contributed by atoms with E-state index in [1.54, 1.807) is 18.2 Å². The molecule has 0 unspecified atom stereocenters. The Balaban J connectivity index is 2.17. The van der Waals surface area contributed by atoms with Crippen molar-refractivity contribution in [3.63, 3.8) is 0 Å². The van der Waals surface area contributed by atoms with Crippen LogP contribution in [0.15, 0.2) is 40.9 Å². The van der Waals surface area contributed by atoms with Gasteiger partial charge < -0.3 is 15.2 Å². The Hall–Kier alpha value is -2.16. The fraction of sp³-hybridized carbons (Fsp3) is 0.0625.